The van der Waals surface area contributed by atoms with E-state index < -0.39 is 0 Å². The van der Waals surface area contributed by atoms with Crippen molar-refractivity contribution >= 4 is 5.91 Å². The molecule has 1 amide bonds. The van der Waals surface area contributed by atoms with Gasteiger partial charge in [-0.25, -0.2) is 0 Å². The van der Waals surface area contributed by atoms with Gasteiger partial charge in [-0.2, -0.15) is 5.10 Å². The summed E-state index contributed by atoms with van der Waals surface area (Å²) in [6.07, 6.45) is 12.1. The van der Waals surface area contributed by atoms with Gasteiger partial charge in [0.15, 0.2) is 0 Å². The van der Waals surface area contributed by atoms with E-state index in [9.17, 15) is 4.79 Å². The molecule has 1 atom stereocenters. The van der Waals surface area contributed by atoms with E-state index in [1.807, 2.05) is 7.05 Å². The second kappa shape index (κ2) is 7.27. The Morgan fingerprint density at radius 1 is 1.18 bits per heavy atom. The first-order valence-corrected chi connectivity index (χ1v) is 8.77. The summed E-state index contributed by atoms with van der Waals surface area (Å²) in [5.74, 6) is 0.00714. The summed E-state index contributed by atoms with van der Waals surface area (Å²) >= 11 is 0. The second-order valence-corrected chi connectivity index (χ2v) is 6.79. The smallest absolute Gasteiger partial charge is 0.269 e. The number of piperidine rings is 1. The van der Waals surface area contributed by atoms with Crippen LogP contribution in [0.3, 0.4) is 0 Å². The summed E-state index contributed by atoms with van der Waals surface area (Å²) in [6.45, 7) is 2.21. The zero-order chi connectivity index (χ0) is 15.4. The average molecular weight is 304 g/mol. The number of hydrogen-bond donors (Lipinski definition) is 1. The van der Waals surface area contributed by atoms with E-state index >= 15 is 0 Å². The van der Waals surface area contributed by atoms with Crippen molar-refractivity contribution < 1.29 is 4.79 Å². The molecule has 2 fully saturated rings. The van der Waals surface area contributed by atoms with Crippen LogP contribution in [-0.2, 0) is 7.05 Å². The highest BCUT2D eigenvalue weighted by molar-refractivity contribution is 5.92. The van der Waals surface area contributed by atoms with Crippen molar-refractivity contribution in [2.24, 2.45) is 7.05 Å². The van der Waals surface area contributed by atoms with Crippen LogP contribution in [0.5, 0.6) is 0 Å². The minimum absolute atomic E-state index is 0.00714. The maximum atomic E-state index is 12.3. The Hall–Kier alpha value is -1.36. The Morgan fingerprint density at radius 3 is 2.64 bits per heavy atom. The number of nitrogens with zero attached hydrogens (tertiary/aromatic N) is 3. The fourth-order valence-corrected chi connectivity index (χ4v) is 3.93. The molecule has 5 heteroatoms. The molecular weight excluding hydrogens is 276 g/mol. The standard InChI is InChI=1S/C17H28N4O/c1-20-16(10-11-18-20)17(22)19-14-7-6-12-21(13-14)15-8-4-2-3-5-9-15/h10-11,14-15H,2-9,12-13H2,1H3,(H,19,22)/t14-/m0/s1. The van der Waals surface area contributed by atoms with Crippen LogP contribution in [-0.4, -0.2) is 45.8 Å². The lowest BCUT2D eigenvalue weighted by molar-refractivity contribution is 0.0852. The monoisotopic (exact) mass is 304 g/mol. The van der Waals surface area contributed by atoms with Crippen LogP contribution >= 0.6 is 0 Å². The summed E-state index contributed by atoms with van der Waals surface area (Å²) in [7, 11) is 1.81. The minimum atomic E-state index is 0.00714. The molecule has 2 heterocycles. The quantitative estimate of drug-likeness (QED) is 0.872. The van der Waals surface area contributed by atoms with Gasteiger partial charge in [0.2, 0.25) is 0 Å². The number of carbonyl (C=O) groups excluding carboxylic acids is 1. The summed E-state index contributed by atoms with van der Waals surface area (Å²) < 4.78 is 1.64. The van der Waals surface area contributed by atoms with Crippen LogP contribution in [0, 0.1) is 0 Å². The third-order valence-electron chi connectivity index (χ3n) is 5.18. The Balaban J connectivity index is 1.56. The lowest BCUT2D eigenvalue weighted by Crippen LogP contribution is -2.51. The number of amides is 1. The second-order valence-electron chi connectivity index (χ2n) is 6.79. The van der Waals surface area contributed by atoms with Crippen LogP contribution in [0.4, 0.5) is 0 Å². The number of nitrogens with one attached hydrogen (secondary N) is 1. The molecule has 1 aromatic heterocycles. The first-order chi connectivity index (χ1) is 10.7. The molecule has 0 spiro atoms. The summed E-state index contributed by atoms with van der Waals surface area (Å²) in [4.78, 5) is 15.0. The third-order valence-corrected chi connectivity index (χ3v) is 5.18. The van der Waals surface area contributed by atoms with Gasteiger partial charge in [-0.15, -0.1) is 0 Å². The van der Waals surface area contributed by atoms with Gasteiger partial charge in [0.25, 0.3) is 5.91 Å². The van der Waals surface area contributed by atoms with Gasteiger partial charge < -0.3 is 5.32 Å². The number of aromatic nitrogens is 2. The lowest BCUT2D eigenvalue weighted by Gasteiger charge is -2.38. The maximum absolute atomic E-state index is 12.3. The number of carbonyl (C=O) groups is 1. The number of hydrogen-bond acceptors (Lipinski definition) is 3. The maximum Gasteiger partial charge on any atom is 0.269 e. The van der Waals surface area contributed by atoms with Crippen LogP contribution < -0.4 is 5.32 Å². The van der Waals surface area contributed by atoms with E-state index in [1.54, 1.807) is 16.9 Å². The molecule has 1 N–H and O–H groups in total. The molecule has 1 saturated heterocycles. The van der Waals surface area contributed by atoms with E-state index in [-0.39, 0.29) is 11.9 Å². The van der Waals surface area contributed by atoms with Crippen molar-refractivity contribution in [3.05, 3.63) is 18.0 Å². The summed E-state index contributed by atoms with van der Waals surface area (Å²) in [5.41, 5.74) is 0.645. The predicted molar refractivity (Wildman–Crippen MR) is 86.8 cm³/mol. The average Bonchev–Trinajstić information content (AvgIpc) is 2.78. The summed E-state index contributed by atoms with van der Waals surface area (Å²) in [5, 5.41) is 7.28. The van der Waals surface area contributed by atoms with Crippen molar-refractivity contribution in [1.29, 1.82) is 0 Å². The molecule has 0 aromatic carbocycles. The van der Waals surface area contributed by atoms with Crippen LogP contribution in [0.2, 0.25) is 0 Å². The molecule has 5 nitrogen and oxygen atoms in total. The highest BCUT2D eigenvalue weighted by Gasteiger charge is 2.27. The van der Waals surface area contributed by atoms with Gasteiger partial charge in [0.05, 0.1) is 0 Å². The van der Waals surface area contributed by atoms with Gasteiger partial charge in [0.1, 0.15) is 5.69 Å². The van der Waals surface area contributed by atoms with Crippen LogP contribution in [0.15, 0.2) is 12.3 Å². The zero-order valence-corrected chi connectivity index (χ0v) is 13.6. The third kappa shape index (κ3) is 3.69. The SMILES string of the molecule is Cn1nccc1C(=O)N[C@H]1CCCN(C2CCCCCC2)C1. The number of likely N-dealkylation sites (tertiary alicyclic amines) is 1. The van der Waals surface area contributed by atoms with Crippen LogP contribution in [0.1, 0.15) is 61.9 Å². The Morgan fingerprint density at radius 2 is 1.95 bits per heavy atom. The first kappa shape index (κ1) is 15.5. The van der Waals surface area contributed by atoms with Gasteiger partial charge >= 0.3 is 0 Å². The Kier molecular flexibility index (Phi) is 5.13. The van der Waals surface area contributed by atoms with Crippen molar-refractivity contribution in [3.63, 3.8) is 0 Å². The molecule has 0 radical (unpaired) electrons. The van der Waals surface area contributed by atoms with E-state index in [0.717, 1.165) is 19.0 Å². The minimum Gasteiger partial charge on any atom is -0.347 e. The predicted octanol–water partition coefficient (Wildman–Crippen LogP) is 2.34. The van der Waals surface area contributed by atoms with Crippen LogP contribution in [0.25, 0.3) is 0 Å². The summed E-state index contributed by atoms with van der Waals surface area (Å²) in [6, 6.07) is 2.79. The van der Waals surface area contributed by atoms with Crippen molar-refractivity contribution in [2.75, 3.05) is 13.1 Å². The van der Waals surface area contributed by atoms with Crippen molar-refractivity contribution in [2.45, 2.75) is 63.5 Å². The Bertz CT molecular complexity index is 491. The van der Waals surface area contributed by atoms with E-state index in [4.69, 9.17) is 0 Å². The van der Waals surface area contributed by atoms with Gasteiger partial charge in [-0.3, -0.25) is 14.4 Å². The molecule has 1 saturated carbocycles. The largest absolute Gasteiger partial charge is 0.347 e. The van der Waals surface area contributed by atoms with E-state index in [2.05, 4.69) is 15.3 Å². The molecule has 1 aliphatic heterocycles. The Labute approximate surface area is 133 Å². The van der Waals surface area contributed by atoms with Crippen molar-refractivity contribution in [3.8, 4) is 0 Å². The molecule has 3 rings (SSSR count). The van der Waals surface area contributed by atoms with Gasteiger partial charge in [-0.1, -0.05) is 25.7 Å². The lowest BCUT2D eigenvalue weighted by atomic mass is 10.00. The fraction of sp³-hybridized carbons (Fsp3) is 0.765. The molecular formula is C17H28N4O. The highest BCUT2D eigenvalue weighted by Crippen LogP contribution is 2.24. The normalized spacial score (nSPS) is 24.9. The van der Waals surface area contributed by atoms with E-state index in [1.165, 1.54) is 51.5 Å². The van der Waals surface area contributed by atoms with E-state index in [0.29, 0.717) is 5.69 Å². The molecule has 22 heavy (non-hydrogen) atoms. The first-order valence-electron chi connectivity index (χ1n) is 8.77. The number of rotatable bonds is 3. The number of aryl methyl sites for hydroxylation is 1. The molecule has 1 aromatic rings. The van der Waals surface area contributed by atoms with Gasteiger partial charge in [0, 0.05) is 31.9 Å². The zero-order valence-electron chi connectivity index (χ0n) is 13.6. The molecule has 0 unspecified atom stereocenters. The van der Waals surface area contributed by atoms with Crippen molar-refractivity contribution in [1.82, 2.24) is 20.0 Å². The molecule has 0 bridgehead atoms. The highest BCUT2D eigenvalue weighted by atomic mass is 16.2. The fourth-order valence-electron chi connectivity index (χ4n) is 3.93. The molecule has 1 aliphatic carbocycles. The van der Waals surface area contributed by atoms with Gasteiger partial charge in [-0.05, 0) is 38.3 Å². The molecule has 122 valence electrons. The molecule has 2 aliphatic rings. The topological polar surface area (TPSA) is 50.2 Å².